The van der Waals surface area contributed by atoms with Crippen LogP contribution in [0.2, 0.25) is 5.02 Å². The third kappa shape index (κ3) is 3.48. The van der Waals surface area contributed by atoms with Crippen LogP contribution in [0.1, 0.15) is 11.5 Å². The van der Waals surface area contributed by atoms with E-state index < -0.39 is 0 Å². The Morgan fingerprint density at radius 2 is 2.14 bits per heavy atom. The van der Waals surface area contributed by atoms with Crippen LogP contribution in [0.15, 0.2) is 30.5 Å². The average Bonchev–Trinajstić information content (AvgIpc) is 3.08. The Morgan fingerprint density at radius 1 is 1.27 bits per heavy atom. The first-order valence-corrected chi connectivity index (χ1v) is 7.81. The van der Waals surface area contributed by atoms with Crippen molar-refractivity contribution in [2.45, 2.75) is 19.9 Å². The second-order valence-corrected chi connectivity index (χ2v) is 6.03. The Morgan fingerprint density at radius 3 is 2.91 bits per heavy atom. The summed E-state index contributed by atoms with van der Waals surface area (Å²) in [4.78, 5) is 10.2. The van der Waals surface area contributed by atoms with Crippen molar-refractivity contribution in [3.05, 3.63) is 47.0 Å². The predicted octanol–water partition coefficient (Wildman–Crippen LogP) is 2.90. The number of H-pyrrole nitrogens is 1. The standard InChI is InChI=1S/C16H20ClN5/c1-12-5-7-18-22(12)10-9-21(2)8-6-16-19-14-4-3-13(17)11-15(14)20-16/h3-5,7,11H,6,8-10H2,1-2H3,(H,19,20). The molecule has 3 rings (SSSR count). The van der Waals surface area contributed by atoms with E-state index in [9.17, 15) is 0 Å². The van der Waals surface area contributed by atoms with Crippen molar-refractivity contribution in [2.75, 3.05) is 20.1 Å². The summed E-state index contributed by atoms with van der Waals surface area (Å²) < 4.78 is 2.03. The molecule has 6 heteroatoms. The van der Waals surface area contributed by atoms with Crippen LogP contribution >= 0.6 is 11.6 Å². The van der Waals surface area contributed by atoms with Gasteiger partial charge < -0.3 is 9.88 Å². The van der Waals surface area contributed by atoms with Crippen LogP contribution in [-0.4, -0.2) is 44.8 Å². The minimum absolute atomic E-state index is 0.731. The minimum Gasteiger partial charge on any atom is -0.342 e. The van der Waals surface area contributed by atoms with E-state index in [-0.39, 0.29) is 0 Å². The maximum Gasteiger partial charge on any atom is 0.108 e. The van der Waals surface area contributed by atoms with Gasteiger partial charge in [0, 0.05) is 36.4 Å². The third-order valence-corrected chi connectivity index (χ3v) is 4.08. The molecule has 0 saturated carbocycles. The SMILES string of the molecule is Cc1ccnn1CCN(C)CCc1nc2ccc(Cl)cc2[nH]1. The molecule has 1 aromatic carbocycles. The van der Waals surface area contributed by atoms with Crippen LogP contribution in [0.4, 0.5) is 0 Å². The molecule has 1 N–H and O–H groups in total. The summed E-state index contributed by atoms with van der Waals surface area (Å²) >= 11 is 5.99. The number of hydrogen-bond acceptors (Lipinski definition) is 3. The molecule has 3 aromatic rings. The van der Waals surface area contributed by atoms with Crippen LogP contribution in [0.25, 0.3) is 11.0 Å². The van der Waals surface area contributed by atoms with Gasteiger partial charge in [-0.15, -0.1) is 0 Å². The monoisotopic (exact) mass is 317 g/mol. The molecule has 0 spiro atoms. The zero-order valence-corrected chi connectivity index (χ0v) is 13.6. The maximum atomic E-state index is 5.99. The molecule has 0 aliphatic carbocycles. The number of aryl methyl sites for hydroxylation is 1. The Kier molecular flexibility index (Phi) is 4.45. The number of aromatic nitrogens is 4. The highest BCUT2D eigenvalue weighted by molar-refractivity contribution is 6.31. The maximum absolute atomic E-state index is 5.99. The second kappa shape index (κ2) is 6.50. The summed E-state index contributed by atoms with van der Waals surface area (Å²) in [6.07, 6.45) is 2.73. The summed E-state index contributed by atoms with van der Waals surface area (Å²) in [5.74, 6) is 0.999. The lowest BCUT2D eigenvalue weighted by atomic mass is 10.3. The average molecular weight is 318 g/mol. The van der Waals surface area contributed by atoms with Crippen LogP contribution in [-0.2, 0) is 13.0 Å². The highest BCUT2D eigenvalue weighted by Crippen LogP contribution is 2.17. The number of halogens is 1. The van der Waals surface area contributed by atoms with E-state index in [1.165, 1.54) is 5.69 Å². The lowest BCUT2D eigenvalue weighted by Gasteiger charge is -2.16. The van der Waals surface area contributed by atoms with Gasteiger partial charge in [-0.1, -0.05) is 11.6 Å². The largest absolute Gasteiger partial charge is 0.342 e. The molecule has 0 aliphatic heterocycles. The van der Waals surface area contributed by atoms with Crippen molar-refractivity contribution in [1.29, 1.82) is 0 Å². The van der Waals surface area contributed by atoms with E-state index in [4.69, 9.17) is 11.6 Å². The first-order chi connectivity index (χ1) is 10.6. The van der Waals surface area contributed by atoms with E-state index in [1.807, 2.05) is 35.1 Å². The summed E-state index contributed by atoms with van der Waals surface area (Å²) in [5.41, 5.74) is 3.16. The second-order valence-electron chi connectivity index (χ2n) is 5.59. The summed E-state index contributed by atoms with van der Waals surface area (Å²) in [7, 11) is 2.12. The Hall–Kier alpha value is -1.85. The number of rotatable bonds is 6. The molecule has 2 heterocycles. The third-order valence-electron chi connectivity index (χ3n) is 3.85. The van der Waals surface area contributed by atoms with Crippen molar-refractivity contribution in [3.8, 4) is 0 Å². The van der Waals surface area contributed by atoms with Crippen LogP contribution in [0, 0.1) is 6.92 Å². The van der Waals surface area contributed by atoms with Crippen LogP contribution in [0.3, 0.4) is 0 Å². The molecule has 0 aliphatic rings. The van der Waals surface area contributed by atoms with Gasteiger partial charge in [0.25, 0.3) is 0 Å². The van der Waals surface area contributed by atoms with E-state index >= 15 is 0 Å². The molecule has 2 aromatic heterocycles. The van der Waals surface area contributed by atoms with Crippen LogP contribution < -0.4 is 0 Å². The number of likely N-dealkylation sites (N-methyl/N-ethyl adjacent to an activating group) is 1. The smallest absolute Gasteiger partial charge is 0.108 e. The number of imidazole rings is 1. The molecular formula is C16H20ClN5. The normalized spacial score (nSPS) is 11.6. The van der Waals surface area contributed by atoms with Gasteiger partial charge in [-0.25, -0.2) is 4.98 Å². The van der Waals surface area contributed by atoms with Gasteiger partial charge in [-0.2, -0.15) is 5.10 Å². The Balaban J connectivity index is 1.53. The van der Waals surface area contributed by atoms with Gasteiger partial charge >= 0.3 is 0 Å². The topological polar surface area (TPSA) is 49.7 Å². The van der Waals surface area contributed by atoms with E-state index in [1.54, 1.807) is 0 Å². The quantitative estimate of drug-likeness (QED) is 0.760. The fourth-order valence-corrected chi connectivity index (χ4v) is 2.63. The van der Waals surface area contributed by atoms with Crippen molar-refractivity contribution in [1.82, 2.24) is 24.6 Å². The molecule has 0 saturated heterocycles. The van der Waals surface area contributed by atoms with Gasteiger partial charge in [0.1, 0.15) is 5.82 Å². The van der Waals surface area contributed by atoms with Crippen LogP contribution in [0.5, 0.6) is 0 Å². The van der Waals surface area contributed by atoms with Crippen molar-refractivity contribution >= 4 is 22.6 Å². The van der Waals surface area contributed by atoms with Gasteiger partial charge in [-0.05, 0) is 38.2 Å². The predicted molar refractivity (Wildman–Crippen MR) is 89.3 cm³/mol. The molecule has 5 nitrogen and oxygen atoms in total. The summed E-state index contributed by atoms with van der Waals surface area (Å²) in [5, 5.41) is 5.03. The number of benzene rings is 1. The van der Waals surface area contributed by atoms with E-state index in [2.05, 4.69) is 33.9 Å². The van der Waals surface area contributed by atoms with E-state index in [0.717, 1.165) is 47.9 Å². The molecule has 0 radical (unpaired) electrons. The fourth-order valence-electron chi connectivity index (χ4n) is 2.46. The fraction of sp³-hybridized carbons (Fsp3) is 0.375. The molecule has 116 valence electrons. The Bertz CT molecular complexity index is 761. The summed E-state index contributed by atoms with van der Waals surface area (Å²) in [6.45, 7) is 4.90. The van der Waals surface area contributed by atoms with Crippen molar-refractivity contribution in [3.63, 3.8) is 0 Å². The number of nitrogens with zero attached hydrogens (tertiary/aromatic N) is 4. The molecule has 0 fully saturated rings. The highest BCUT2D eigenvalue weighted by atomic mass is 35.5. The number of fused-ring (bicyclic) bond motifs is 1. The van der Waals surface area contributed by atoms with Gasteiger partial charge in [0.05, 0.1) is 17.6 Å². The number of nitrogens with one attached hydrogen (secondary N) is 1. The zero-order chi connectivity index (χ0) is 15.5. The molecule has 22 heavy (non-hydrogen) atoms. The molecule has 0 bridgehead atoms. The van der Waals surface area contributed by atoms with Gasteiger partial charge in [-0.3, -0.25) is 4.68 Å². The lowest BCUT2D eigenvalue weighted by molar-refractivity contribution is 0.313. The van der Waals surface area contributed by atoms with E-state index in [0.29, 0.717) is 0 Å². The van der Waals surface area contributed by atoms with Crippen molar-refractivity contribution in [2.24, 2.45) is 0 Å². The molecule has 0 unspecified atom stereocenters. The van der Waals surface area contributed by atoms with Gasteiger partial charge in [0.2, 0.25) is 0 Å². The molecule has 0 atom stereocenters. The number of hydrogen-bond donors (Lipinski definition) is 1. The van der Waals surface area contributed by atoms with Gasteiger partial charge in [0.15, 0.2) is 0 Å². The first kappa shape index (κ1) is 15.1. The lowest BCUT2D eigenvalue weighted by Crippen LogP contribution is -2.26. The summed E-state index contributed by atoms with van der Waals surface area (Å²) in [6, 6.07) is 7.76. The minimum atomic E-state index is 0.731. The zero-order valence-electron chi connectivity index (χ0n) is 12.9. The number of aromatic amines is 1. The Labute approximate surface area is 134 Å². The first-order valence-electron chi connectivity index (χ1n) is 7.43. The molecule has 0 amide bonds. The molecular weight excluding hydrogens is 298 g/mol. The van der Waals surface area contributed by atoms with Crippen molar-refractivity contribution < 1.29 is 0 Å². The highest BCUT2D eigenvalue weighted by Gasteiger charge is 2.06.